The van der Waals surface area contributed by atoms with Crippen molar-refractivity contribution in [2.45, 2.75) is 32.7 Å². The maximum Gasteiger partial charge on any atom is 0.0606 e. The van der Waals surface area contributed by atoms with Crippen LogP contribution in [0.2, 0.25) is 5.04 Å². The molecule has 0 radical (unpaired) electrons. The third-order valence-electron chi connectivity index (χ3n) is 3.44. The van der Waals surface area contributed by atoms with E-state index < -0.39 is 0 Å². The van der Waals surface area contributed by atoms with Crippen molar-refractivity contribution in [3.63, 3.8) is 0 Å². The van der Waals surface area contributed by atoms with Crippen molar-refractivity contribution in [1.82, 2.24) is 0 Å². The molecular weight excluding hydrogens is 196 g/mol. The van der Waals surface area contributed by atoms with Gasteiger partial charge in [-0.15, -0.1) is 0 Å². The Balaban J connectivity index is 2.77. The Kier molecular flexibility index (Phi) is 3.92. The molecule has 0 aliphatic rings. The average molecular weight is 218 g/mol. The van der Waals surface area contributed by atoms with Crippen LogP contribution >= 0.6 is 0 Å². The van der Waals surface area contributed by atoms with Crippen LogP contribution in [0.15, 0.2) is 30.8 Å². The highest BCUT2D eigenvalue weighted by Gasteiger charge is 2.22. The Morgan fingerprint density at radius 3 is 2.13 bits per heavy atom. The van der Waals surface area contributed by atoms with Crippen LogP contribution in [-0.4, -0.2) is 9.52 Å². The van der Waals surface area contributed by atoms with Crippen LogP contribution in [0.25, 0.3) is 6.08 Å². The molecule has 0 bridgehead atoms. The minimum Gasteiger partial charge on any atom is -0.0985 e. The second-order valence-corrected chi connectivity index (χ2v) is 8.26. The highest BCUT2D eigenvalue weighted by molar-refractivity contribution is 6.56. The molecule has 0 heterocycles. The molecule has 1 aromatic rings. The fraction of sp³-hybridized carbons (Fsp3) is 0.429. The lowest BCUT2D eigenvalue weighted by molar-refractivity contribution is 0.476. The number of benzene rings is 1. The third kappa shape index (κ3) is 3.35. The van der Waals surface area contributed by atoms with Gasteiger partial charge in [0, 0.05) is 0 Å². The van der Waals surface area contributed by atoms with E-state index in [1.807, 2.05) is 6.08 Å². The summed E-state index contributed by atoms with van der Waals surface area (Å²) in [5, 5.41) is 2.06. The van der Waals surface area contributed by atoms with E-state index in [1.165, 1.54) is 5.56 Å². The SMILES string of the molecule is C=Cc1ccc([SiH2]C(C)(C)C(C)C)cc1. The van der Waals surface area contributed by atoms with Gasteiger partial charge in [0.05, 0.1) is 9.52 Å². The van der Waals surface area contributed by atoms with Crippen molar-refractivity contribution < 1.29 is 0 Å². The number of hydrogen-bond acceptors (Lipinski definition) is 0. The summed E-state index contributed by atoms with van der Waals surface area (Å²) < 4.78 is 0. The highest BCUT2D eigenvalue weighted by atomic mass is 28.2. The van der Waals surface area contributed by atoms with Gasteiger partial charge in [0.25, 0.3) is 0 Å². The van der Waals surface area contributed by atoms with Gasteiger partial charge in [-0.25, -0.2) is 0 Å². The summed E-state index contributed by atoms with van der Waals surface area (Å²) in [6, 6.07) is 8.89. The minimum atomic E-state index is -0.189. The third-order valence-corrected chi connectivity index (χ3v) is 6.05. The van der Waals surface area contributed by atoms with Crippen LogP contribution in [0.3, 0.4) is 0 Å². The van der Waals surface area contributed by atoms with Crippen LogP contribution in [0.1, 0.15) is 33.3 Å². The predicted octanol–water partition coefficient (Wildman–Crippen LogP) is 2.98. The van der Waals surface area contributed by atoms with Crippen molar-refractivity contribution in [2.24, 2.45) is 5.92 Å². The van der Waals surface area contributed by atoms with Gasteiger partial charge in [-0.05, 0) is 16.5 Å². The lowest BCUT2D eigenvalue weighted by atomic mass is 9.99. The molecule has 0 fully saturated rings. The molecule has 0 saturated carbocycles. The lowest BCUT2D eigenvalue weighted by Gasteiger charge is -2.28. The van der Waals surface area contributed by atoms with Gasteiger partial charge in [0.15, 0.2) is 0 Å². The van der Waals surface area contributed by atoms with Crippen molar-refractivity contribution >= 4 is 20.8 Å². The van der Waals surface area contributed by atoms with E-state index in [4.69, 9.17) is 0 Å². The molecule has 0 amide bonds. The largest absolute Gasteiger partial charge is 0.0985 e. The van der Waals surface area contributed by atoms with E-state index in [-0.39, 0.29) is 9.52 Å². The molecule has 82 valence electrons. The van der Waals surface area contributed by atoms with E-state index in [1.54, 1.807) is 5.19 Å². The predicted molar refractivity (Wildman–Crippen MR) is 73.6 cm³/mol. The molecule has 0 aliphatic heterocycles. The Bertz CT molecular complexity index is 320. The molecule has 15 heavy (non-hydrogen) atoms. The van der Waals surface area contributed by atoms with Crippen molar-refractivity contribution in [1.29, 1.82) is 0 Å². The van der Waals surface area contributed by atoms with E-state index in [0.29, 0.717) is 5.04 Å². The molecule has 0 spiro atoms. The molecule has 0 aliphatic carbocycles. The second-order valence-electron chi connectivity index (χ2n) is 5.27. The van der Waals surface area contributed by atoms with Crippen LogP contribution < -0.4 is 5.19 Å². The van der Waals surface area contributed by atoms with Crippen LogP contribution in [0.5, 0.6) is 0 Å². The van der Waals surface area contributed by atoms with Gasteiger partial charge >= 0.3 is 0 Å². The molecule has 1 aromatic carbocycles. The van der Waals surface area contributed by atoms with Crippen LogP contribution in [-0.2, 0) is 0 Å². The van der Waals surface area contributed by atoms with Crippen molar-refractivity contribution in [2.75, 3.05) is 0 Å². The maximum absolute atomic E-state index is 3.77. The summed E-state index contributed by atoms with van der Waals surface area (Å²) in [5.41, 5.74) is 1.22. The van der Waals surface area contributed by atoms with Gasteiger partial charge in [-0.3, -0.25) is 0 Å². The van der Waals surface area contributed by atoms with E-state index in [9.17, 15) is 0 Å². The molecule has 0 saturated heterocycles. The second kappa shape index (κ2) is 4.80. The monoisotopic (exact) mass is 218 g/mol. The molecule has 0 atom stereocenters. The summed E-state index contributed by atoms with van der Waals surface area (Å²) in [7, 11) is -0.189. The summed E-state index contributed by atoms with van der Waals surface area (Å²) >= 11 is 0. The first-order valence-corrected chi connectivity index (χ1v) is 7.08. The topological polar surface area (TPSA) is 0 Å². The summed E-state index contributed by atoms with van der Waals surface area (Å²) in [6.07, 6.45) is 1.90. The Labute approximate surface area is 96.2 Å². The first-order chi connectivity index (χ1) is 6.95. The van der Waals surface area contributed by atoms with Gasteiger partial charge in [0.2, 0.25) is 0 Å². The normalized spacial score (nSPS) is 12.6. The van der Waals surface area contributed by atoms with E-state index >= 15 is 0 Å². The minimum absolute atomic E-state index is 0.189. The smallest absolute Gasteiger partial charge is 0.0606 e. The quantitative estimate of drug-likeness (QED) is 0.682. The number of hydrogen-bond donors (Lipinski definition) is 0. The maximum atomic E-state index is 3.77. The standard InChI is InChI=1S/C14H22Si/c1-6-12-7-9-13(10-8-12)15-14(4,5)11(2)3/h6-11H,1,15H2,2-5H3. The fourth-order valence-electron chi connectivity index (χ4n) is 1.50. The van der Waals surface area contributed by atoms with Crippen LogP contribution in [0, 0.1) is 5.92 Å². The van der Waals surface area contributed by atoms with Gasteiger partial charge in [-0.2, -0.15) is 0 Å². The first-order valence-electron chi connectivity index (χ1n) is 5.67. The lowest BCUT2D eigenvalue weighted by Crippen LogP contribution is -2.29. The first kappa shape index (κ1) is 12.2. The van der Waals surface area contributed by atoms with Crippen LogP contribution in [0.4, 0.5) is 0 Å². The molecule has 0 N–H and O–H groups in total. The molecule has 1 heteroatoms. The number of rotatable bonds is 4. The van der Waals surface area contributed by atoms with Crippen molar-refractivity contribution in [3.05, 3.63) is 36.4 Å². The summed E-state index contributed by atoms with van der Waals surface area (Å²) in [4.78, 5) is 0. The Morgan fingerprint density at radius 1 is 1.20 bits per heavy atom. The zero-order chi connectivity index (χ0) is 11.5. The van der Waals surface area contributed by atoms with Gasteiger partial charge < -0.3 is 0 Å². The summed E-state index contributed by atoms with van der Waals surface area (Å²) in [6.45, 7) is 13.2. The molecular formula is C14H22Si. The summed E-state index contributed by atoms with van der Waals surface area (Å²) in [5.74, 6) is 0.767. The van der Waals surface area contributed by atoms with E-state index in [0.717, 1.165) is 5.92 Å². The average Bonchev–Trinajstić information content (AvgIpc) is 2.18. The Hall–Kier alpha value is -0.823. The molecule has 1 rings (SSSR count). The highest BCUT2D eigenvalue weighted by Crippen LogP contribution is 2.32. The zero-order valence-electron chi connectivity index (χ0n) is 10.4. The van der Waals surface area contributed by atoms with Crippen molar-refractivity contribution in [3.8, 4) is 0 Å². The van der Waals surface area contributed by atoms with E-state index in [2.05, 4.69) is 58.5 Å². The van der Waals surface area contributed by atoms with Gasteiger partial charge in [0.1, 0.15) is 0 Å². The molecule has 0 aromatic heterocycles. The molecule has 0 unspecified atom stereocenters. The Morgan fingerprint density at radius 2 is 1.73 bits per heavy atom. The molecule has 0 nitrogen and oxygen atoms in total. The zero-order valence-corrected chi connectivity index (χ0v) is 11.8. The fourth-order valence-corrected chi connectivity index (χ4v) is 3.43. The van der Waals surface area contributed by atoms with Gasteiger partial charge in [-0.1, -0.05) is 69.8 Å².